The van der Waals surface area contributed by atoms with Gasteiger partial charge in [-0.2, -0.15) is 8.42 Å². The van der Waals surface area contributed by atoms with E-state index < -0.39 is 10.1 Å². The Hall–Kier alpha value is -0.910. The van der Waals surface area contributed by atoms with E-state index in [1.165, 1.54) is 25.0 Å². The number of rotatable bonds is 3. The van der Waals surface area contributed by atoms with Crippen LogP contribution in [0.1, 0.15) is 18.4 Å². The van der Waals surface area contributed by atoms with Crippen molar-refractivity contribution in [3.63, 3.8) is 0 Å². The second kappa shape index (κ2) is 5.16. The number of hydrogen-bond donors (Lipinski definition) is 2. The van der Waals surface area contributed by atoms with Crippen LogP contribution < -0.4 is 5.32 Å². The van der Waals surface area contributed by atoms with Gasteiger partial charge in [0.2, 0.25) is 0 Å². The van der Waals surface area contributed by atoms with Crippen molar-refractivity contribution in [1.29, 1.82) is 0 Å². The first-order chi connectivity index (χ1) is 8.05. The normalized spacial score (nSPS) is 21.4. The molecule has 0 amide bonds. The smallest absolute Gasteiger partial charge is 0.294 e. The molecule has 0 aromatic heterocycles. The molecule has 17 heavy (non-hydrogen) atoms. The molecule has 1 aliphatic heterocycles. The molecule has 94 valence electrons. The molecular formula is C12H17NO3S. The Morgan fingerprint density at radius 3 is 2.53 bits per heavy atom. The van der Waals surface area contributed by atoms with Gasteiger partial charge in [0, 0.05) is 0 Å². The summed E-state index contributed by atoms with van der Waals surface area (Å²) in [7, 11) is -4.07. The predicted octanol–water partition coefficient (Wildman–Crippen LogP) is 1.48. The molecule has 0 saturated carbocycles. The van der Waals surface area contributed by atoms with Crippen LogP contribution in [0.4, 0.5) is 0 Å². The van der Waals surface area contributed by atoms with Crippen molar-refractivity contribution >= 4 is 10.1 Å². The third kappa shape index (κ3) is 3.52. The molecule has 1 aromatic rings. The fourth-order valence-corrected chi connectivity index (χ4v) is 2.71. The van der Waals surface area contributed by atoms with E-state index in [2.05, 4.69) is 5.32 Å². The summed E-state index contributed by atoms with van der Waals surface area (Å²) < 4.78 is 30.6. The van der Waals surface area contributed by atoms with Crippen LogP contribution in [0.2, 0.25) is 0 Å². The molecule has 2 rings (SSSR count). The van der Waals surface area contributed by atoms with Gasteiger partial charge >= 0.3 is 0 Å². The molecule has 0 spiro atoms. The average molecular weight is 255 g/mol. The Balaban J connectivity index is 2.03. The van der Waals surface area contributed by atoms with Crippen molar-refractivity contribution in [3.8, 4) is 0 Å². The van der Waals surface area contributed by atoms with Crippen LogP contribution in [0.5, 0.6) is 0 Å². The van der Waals surface area contributed by atoms with Gasteiger partial charge < -0.3 is 5.32 Å². The first-order valence-electron chi connectivity index (χ1n) is 5.83. The topological polar surface area (TPSA) is 66.4 Å². The largest absolute Gasteiger partial charge is 0.316 e. The van der Waals surface area contributed by atoms with Crippen LogP contribution in [-0.4, -0.2) is 26.1 Å². The van der Waals surface area contributed by atoms with Gasteiger partial charge in [-0.1, -0.05) is 12.1 Å². The molecule has 1 atom stereocenters. The fraction of sp³-hybridized carbons (Fsp3) is 0.500. The number of benzene rings is 1. The summed E-state index contributed by atoms with van der Waals surface area (Å²) in [6, 6.07) is 6.47. The average Bonchev–Trinajstić information content (AvgIpc) is 2.30. The van der Waals surface area contributed by atoms with Gasteiger partial charge in [-0.3, -0.25) is 4.55 Å². The molecule has 0 aliphatic carbocycles. The summed E-state index contributed by atoms with van der Waals surface area (Å²) in [5.41, 5.74) is 1.12. The van der Waals surface area contributed by atoms with Gasteiger partial charge in [-0.05, 0) is 56.0 Å². The van der Waals surface area contributed by atoms with Crippen LogP contribution in [0.25, 0.3) is 0 Å². The lowest BCUT2D eigenvalue weighted by Crippen LogP contribution is -2.30. The van der Waals surface area contributed by atoms with Gasteiger partial charge in [-0.25, -0.2) is 0 Å². The summed E-state index contributed by atoms with van der Waals surface area (Å²) in [6.07, 6.45) is 3.37. The lowest BCUT2D eigenvalue weighted by molar-refractivity contribution is 0.376. The van der Waals surface area contributed by atoms with Gasteiger partial charge in [-0.15, -0.1) is 0 Å². The number of piperidine rings is 1. The van der Waals surface area contributed by atoms with Crippen LogP contribution in [-0.2, 0) is 16.5 Å². The highest BCUT2D eigenvalue weighted by molar-refractivity contribution is 7.85. The molecule has 2 N–H and O–H groups in total. The number of nitrogens with one attached hydrogen (secondary N) is 1. The summed E-state index contributed by atoms with van der Waals surface area (Å²) in [5.74, 6) is 0.625. The third-order valence-electron chi connectivity index (χ3n) is 3.14. The standard InChI is InChI=1S/C12H17NO3S/c14-17(15,16)12-5-3-10(4-6-12)8-11-2-1-7-13-9-11/h3-6,11,13H,1-2,7-9H2,(H,14,15,16). The van der Waals surface area contributed by atoms with Gasteiger partial charge in [0.1, 0.15) is 0 Å². The SMILES string of the molecule is O=S(=O)(O)c1ccc(CC2CCCNC2)cc1. The van der Waals surface area contributed by atoms with Crippen molar-refractivity contribution in [3.05, 3.63) is 29.8 Å². The summed E-state index contributed by atoms with van der Waals surface area (Å²) in [5, 5.41) is 3.35. The van der Waals surface area contributed by atoms with E-state index in [1.807, 2.05) is 0 Å². The Morgan fingerprint density at radius 2 is 2.00 bits per heavy atom. The fourth-order valence-electron chi connectivity index (χ4n) is 2.23. The minimum Gasteiger partial charge on any atom is -0.316 e. The summed E-state index contributed by atoms with van der Waals surface area (Å²) >= 11 is 0. The molecule has 0 radical (unpaired) electrons. The maximum atomic E-state index is 10.9. The van der Waals surface area contributed by atoms with Crippen molar-refractivity contribution in [2.24, 2.45) is 5.92 Å². The molecule has 1 saturated heterocycles. The van der Waals surface area contributed by atoms with E-state index in [-0.39, 0.29) is 4.90 Å². The molecule has 1 unspecified atom stereocenters. The monoisotopic (exact) mass is 255 g/mol. The first-order valence-corrected chi connectivity index (χ1v) is 7.27. The van der Waals surface area contributed by atoms with Crippen LogP contribution >= 0.6 is 0 Å². The van der Waals surface area contributed by atoms with Crippen LogP contribution in [0, 0.1) is 5.92 Å². The lowest BCUT2D eigenvalue weighted by atomic mass is 9.92. The predicted molar refractivity (Wildman–Crippen MR) is 65.6 cm³/mol. The van der Waals surface area contributed by atoms with Gasteiger partial charge in [0.15, 0.2) is 0 Å². The zero-order valence-corrected chi connectivity index (χ0v) is 10.4. The molecular weight excluding hydrogens is 238 g/mol. The molecule has 1 aromatic carbocycles. The Kier molecular flexibility index (Phi) is 3.81. The second-order valence-corrected chi connectivity index (χ2v) is 5.96. The minimum absolute atomic E-state index is 0.0389. The zero-order valence-electron chi connectivity index (χ0n) is 9.59. The molecule has 0 bridgehead atoms. The number of hydrogen-bond acceptors (Lipinski definition) is 3. The van der Waals surface area contributed by atoms with Crippen molar-refractivity contribution in [1.82, 2.24) is 5.32 Å². The van der Waals surface area contributed by atoms with Crippen molar-refractivity contribution in [2.45, 2.75) is 24.2 Å². The van der Waals surface area contributed by atoms with Crippen molar-refractivity contribution < 1.29 is 13.0 Å². The van der Waals surface area contributed by atoms with Gasteiger partial charge in [0.25, 0.3) is 10.1 Å². The zero-order chi connectivity index (χ0) is 12.3. The van der Waals surface area contributed by atoms with E-state index in [9.17, 15) is 8.42 Å². The van der Waals surface area contributed by atoms with Gasteiger partial charge in [0.05, 0.1) is 4.90 Å². The van der Waals surface area contributed by atoms with E-state index >= 15 is 0 Å². The molecule has 1 fully saturated rings. The highest BCUT2D eigenvalue weighted by atomic mass is 32.2. The van der Waals surface area contributed by atoms with Crippen molar-refractivity contribution in [2.75, 3.05) is 13.1 Å². The van der Waals surface area contributed by atoms with E-state index in [0.29, 0.717) is 5.92 Å². The summed E-state index contributed by atoms with van der Waals surface area (Å²) in [4.78, 5) is -0.0389. The second-order valence-electron chi connectivity index (χ2n) is 4.54. The maximum Gasteiger partial charge on any atom is 0.294 e. The Bertz CT molecular complexity index is 461. The van der Waals surface area contributed by atoms with Crippen LogP contribution in [0.15, 0.2) is 29.2 Å². The highest BCUT2D eigenvalue weighted by Crippen LogP contribution is 2.18. The Morgan fingerprint density at radius 1 is 1.29 bits per heavy atom. The molecule has 1 aliphatic rings. The quantitative estimate of drug-likeness (QED) is 0.803. The van der Waals surface area contributed by atoms with E-state index in [0.717, 1.165) is 25.1 Å². The summed E-state index contributed by atoms with van der Waals surface area (Å²) in [6.45, 7) is 2.12. The third-order valence-corrected chi connectivity index (χ3v) is 4.01. The maximum absolute atomic E-state index is 10.9. The highest BCUT2D eigenvalue weighted by Gasteiger charge is 2.14. The minimum atomic E-state index is -4.07. The Labute approximate surface area is 102 Å². The first kappa shape index (κ1) is 12.5. The molecule has 1 heterocycles. The molecule has 4 nitrogen and oxygen atoms in total. The lowest BCUT2D eigenvalue weighted by Gasteiger charge is -2.22. The molecule has 5 heteroatoms. The van der Waals surface area contributed by atoms with Crippen LogP contribution in [0.3, 0.4) is 0 Å². The van der Waals surface area contributed by atoms with E-state index in [1.54, 1.807) is 12.1 Å². The van der Waals surface area contributed by atoms with E-state index in [4.69, 9.17) is 4.55 Å².